The van der Waals surface area contributed by atoms with Crippen molar-refractivity contribution in [3.05, 3.63) is 0 Å². The fourth-order valence-electron chi connectivity index (χ4n) is 0. The molecule has 0 saturated heterocycles. The van der Waals surface area contributed by atoms with E-state index < -0.39 is 43.1 Å². The van der Waals surface area contributed by atoms with Gasteiger partial charge in [-0.2, -0.15) is 0 Å². The van der Waals surface area contributed by atoms with Crippen molar-refractivity contribution in [2.24, 2.45) is 0 Å². The molecule has 0 spiro atoms. The maximum atomic E-state index is 8.41. The number of rotatable bonds is 0. The molecule has 0 aromatic heterocycles. The summed E-state index contributed by atoms with van der Waals surface area (Å²) in [6.45, 7) is 0. The Kier molecular flexibility index (Phi) is 63.6. The van der Waals surface area contributed by atoms with Crippen molar-refractivity contribution in [3.8, 4) is 0 Å². The Morgan fingerprint density at radius 1 is 0.333 bits per heavy atom. The number of hydrogen-bond donors (Lipinski definition) is 0. The molecule has 0 heterocycles. The molecule has 18 heavy (non-hydrogen) atoms. The van der Waals surface area contributed by atoms with Crippen LogP contribution in [0.15, 0.2) is 0 Å². The fourth-order valence-corrected chi connectivity index (χ4v) is 0. The van der Waals surface area contributed by atoms with E-state index >= 15 is 0 Å². The predicted molar refractivity (Wildman–Crippen MR) is 0 cm³/mol. The van der Waals surface area contributed by atoms with E-state index in [0.717, 1.165) is 0 Å². The van der Waals surface area contributed by atoms with Gasteiger partial charge in [0.05, 0.1) is 43.1 Å². The molecule has 0 aromatic rings. The molecule has 0 N–H and O–H groups in total. The molecule has 0 amide bonds. The smallest absolute Gasteiger partial charge is 0.357 e. The van der Waals surface area contributed by atoms with Gasteiger partial charge in [-0.15, -0.1) is 0 Å². The molecule has 0 rings (SSSR count). The minimum atomic E-state index is -2.85. The third-order valence-electron chi connectivity index (χ3n) is 0. The molecule has 0 saturated carbocycles. The minimum absolute atomic E-state index is 0. The van der Waals surface area contributed by atoms with E-state index in [1.807, 2.05) is 0 Å². The summed E-state index contributed by atoms with van der Waals surface area (Å²) in [5, 5.41) is 0. The Hall–Kier alpha value is 1.69. The van der Waals surface area contributed by atoms with Crippen LogP contribution in [0.2, 0.25) is 0 Å². The maximum Gasteiger partial charge on any atom is 2.00 e. The van der Waals surface area contributed by atoms with Crippen LogP contribution in [0.25, 0.3) is 0 Å². The molecular weight excluding hydrogens is 456 g/mol. The van der Waals surface area contributed by atoms with Crippen LogP contribution in [0.5, 0.6) is 0 Å². The summed E-state index contributed by atoms with van der Waals surface area (Å²) in [6, 6.07) is 0. The molecule has 0 aliphatic rings. The summed E-state index contributed by atoms with van der Waals surface area (Å²) in [7, 11) is -11.4. The van der Waals surface area contributed by atoms with Gasteiger partial charge in [-0.3, -0.25) is 0 Å². The van der Waals surface area contributed by atoms with Crippen LogP contribution in [0.4, 0.5) is 0 Å². The second-order valence-electron chi connectivity index (χ2n) is 0.756. The zero-order chi connectivity index (χ0) is 14.3. The van der Waals surface area contributed by atoms with Gasteiger partial charge in [0.15, 0.2) is 0 Å². The van der Waals surface area contributed by atoms with Crippen molar-refractivity contribution in [1.29, 1.82) is 0 Å². The summed E-state index contributed by atoms with van der Waals surface area (Å²) in [5.74, 6) is 0. The molecule has 0 fully saturated rings. The molecule has 0 aliphatic heterocycles. The number of hydrogen-bond acceptors (Lipinski definition) is 12. The monoisotopic (exact) mass is 453 g/mol. The molecule has 0 bridgehead atoms. The summed E-state index contributed by atoms with van der Waals surface area (Å²) in [6.07, 6.45) is 0. The van der Waals surface area contributed by atoms with Crippen LogP contribution in [0, 0.1) is 43.1 Å². The van der Waals surface area contributed by atoms with Crippen molar-refractivity contribution in [1.82, 2.24) is 0 Å². The first-order chi connectivity index (χ1) is 6.93. The predicted octanol–water partition coefficient (Wildman–Crippen LogP) is -14.3. The van der Waals surface area contributed by atoms with Crippen LogP contribution in [0.1, 0.15) is 0 Å². The van der Waals surface area contributed by atoms with E-state index in [2.05, 4.69) is 0 Å². The van der Waals surface area contributed by atoms with Crippen molar-refractivity contribution in [2.45, 2.75) is 0 Å². The Morgan fingerprint density at radius 2 is 0.333 bits per heavy atom. The minimum Gasteiger partial charge on any atom is -0.357 e. The van der Waals surface area contributed by atoms with E-state index in [4.69, 9.17) is 55.9 Å². The van der Waals surface area contributed by atoms with Crippen molar-refractivity contribution >= 4 is 0 Å². The van der Waals surface area contributed by atoms with Gasteiger partial charge < -0.3 is 55.9 Å². The second-order valence-corrected chi connectivity index (χ2v) is 2.27. The second kappa shape index (κ2) is 31.2. The van der Waals surface area contributed by atoms with E-state index in [1.165, 1.54) is 0 Å². The molecule has 0 atom stereocenters. The van der Waals surface area contributed by atoms with Crippen LogP contribution in [-0.4, -0.2) is 0 Å². The molecular formula is Cl4CuNiO12. The zero-order valence-corrected chi connectivity index (χ0v) is 12.0. The third-order valence-corrected chi connectivity index (χ3v) is 0. The van der Waals surface area contributed by atoms with Crippen LogP contribution in [0.3, 0.4) is 0 Å². The van der Waals surface area contributed by atoms with Gasteiger partial charge in [-0.25, -0.2) is 0 Å². The van der Waals surface area contributed by atoms with Gasteiger partial charge in [0.2, 0.25) is 0 Å². The quantitative estimate of drug-likeness (QED) is 0.307. The molecule has 121 valence electrons. The summed E-state index contributed by atoms with van der Waals surface area (Å²) in [5.41, 5.74) is 0. The Labute approximate surface area is 132 Å². The summed E-state index contributed by atoms with van der Waals surface area (Å²) in [4.78, 5) is 0. The normalized spacial score (nSPS) is 8.00. The van der Waals surface area contributed by atoms with Crippen LogP contribution in [-0.2, 0) is 33.6 Å². The first-order valence-corrected chi connectivity index (χ1v) is 5.55. The summed E-state index contributed by atoms with van der Waals surface area (Å²) < 4.78 is 101. The average molecular weight is 456 g/mol. The van der Waals surface area contributed by atoms with Gasteiger partial charge in [0, 0.05) is 0 Å². The van der Waals surface area contributed by atoms with E-state index in [0.29, 0.717) is 0 Å². The number of halogens is 4. The van der Waals surface area contributed by atoms with Crippen molar-refractivity contribution in [3.63, 3.8) is 0 Å². The van der Waals surface area contributed by atoms with Crippen LogP contribution >= 0.6 is 0 Å². The van der Waals surface area contributed by atoms with Crippen LogP contribution < -0.4 is 55.9 Å². The average Bonchev–Trinajstić information content (AvgIpc) is 1.76. The standard InChI is InChI=1S/4ClO3.Cu.Ni/c4*2-1(3)4;;/q4*-1;2*+2. The first kappa shape index (κ1) is 36.7. The van der Waals surface area contributed by atoms with E-state index in [9.17, 15) is 0 Å². The fraction of sp³-hybridized carbons (Fsp3) is 0. The molecule has 1 radical (unpaired) electrons. The van der Waals surface area contributed by atoms with Gasteiger partial charge in [0.25, 0.3) is 0 Å². The van der Waals surface area contributed by atoms with Gasteiger partial charge in [0.1, 0.15) is 0 Å². The van der Waals surface area contributed by atoms with Crippen molar-refractivity contribution < 1.29 is 133 Å². The van der Waals surface area contributed by atoms with E-state index in [1.54, 1.807) is 0 Å². The molecule has 0 unspecified atom stereocenters. The van der Waals surface area contributed by atoms with Gasteiger partial charge in [-0.1, -0.05) is 0 Å². The van der Waals surface area contributed by atoms with E-state index in [-0.39, 0.29) is 33.6 Å². The third kappa shape index (κ3) is 1720. The Morgan fingerprint density at radius 3 is 0.333 bits per heavy atom. The molecule has 12 nitrogen and oxygen atoms in total. The van der Waals surface area contributed by atoms with Crippen molar-refractivity contribution in [2.75, 3.05) is 0 Å². The topological polar surface area (TPSA) is 277 Å². The largest absolute Gasteiger partial charge is 2.00 e. The summed E-state index contributed by atoms with van der Waals surface area (Å²) >= 11 is 0. The maximum absolute atomic E-state index is 8.41. The first-order valence-electron chi connectivity index (χ1n) is 1.85. The molecule has 0 aliphatic carbocycles. The van der Waals surface area contributed by atoms with Gasteiger partial charge >= 0.3 is 33.6 Å². The molecule has 18 heteroatoms. The Balaban J connectivity index is -0.0000000257. The Bertz CT molecular complexity index is 67.1. The molecule has 0 aromatic carbocycles. The zero-order valence-electron chi connectivity index (χ0n) is 7.03. The SMILES string of the molecule is [Cu+2].[Ni+2].[O-][Cl+2]([O-])[O-].[O-][Cl+2]([O-])[O-].[O-][Cl+2]([O-])[O-].[O-][Cl+2]([O-])[O-]. The van der Waals surface area contributed by atoms with Gasteiger partial charge in [-0.05, 0) is 0 Å².